The van der Waals surface area contributed by atoms with Crippen LogP contribution in [0.3, 0.4) is 0 Å². The largest absolute Gasteiger partial charge is 0.378 e. The first-order valence-electron chi connectivity index (χ1n) is 6.82. The van der Waals surface area contributed by atoms with Gasteiger partial charge in [0, 0.05) is 18.1 Å². The third-order valence-corrected chi connectivity index (χ3v) is 5.02. The third-order valence-electron chi connectivity index (χ3n) is 3.62. The molecular weight excluding hydrogens is 252 g/mol. The summed E-state index contributed by atoms with van der Waals surface area (Å²) in [6, 6.07) is 1.11. The van der Waals surface area contributed by atoms with Crippen molar-refractivity contribution in [3.05, 3.63) is 0 Å². The fourth-order valence-corrected chi connectivity index (χ4v) is 3.99. The van der Waals surface area contributed by atoms with Crippen LogP contribution in [0.1, 0.15) is 39.5 Å². The van der Waals surface area contributed by atoms with Crippen molar-refractivity contribution >= 4 is 10.0 Å². The zero-order chi connectivity index (χ0) is 13.2. The van der Waals surface area contributed by atoms with Crippen molar-refractivity contribution in [2.24, 2.45) is 0 Å². The van der Waals surface area contributed by atoms with E-state index < -0.39 is 10.0 Å². The van der Waals surface area contributed by atoms with E-state index in [0.717, 1.165) is 12.8 Å². The molecular formula is C12H24N2O3S. The van der Waals surface area contributed by atoms with Gasteiger partial charge in [0.25, 0.3) is 0 Å². The smallest absolute Gasteiger partial charge is 0.214 e. The van der Waals surface area contributed by atoms with Gasteiger partial charge < -0.3 is 10.1 Å². The molecule has 18 heavy (non-hydrogen) atoms. The Labute approximate surface area is 110 Å². The average Bonchev–Trinajstić information content (AvgIpc) is 2.56. The van der Waals surface area contributed by atoms with E-state index in [9.17, 15) is 8.42 Å². The Hall–Kier alpha value is -0.170. The molecule has 2 saturated heterocycles. The van der Waals surface area contributed by atoms with Gasteiger partial charge in [0.05, 0.1) is 18.5 Å². The minimum absolute atomic E-state index is 0.0600. The highest BCUT2D eigenvalue weighted by molar-refractivity contribution is 7.89. The number of rotatable bonds is 6. The molecule has 2 rings (SSSR count). The van der Waals surface area contributed by atoms with Crippen molar-refractivity contribution in [1.29, 1.82) is 0 Å². The molecule has 0 radical (unpaired) electrons. The Balaban J connectivity index is 1.77. The summed E-state index contributed by atoms with van der Waals surface area (Å²) in [5, 5.41) is 3.50. The first-order valence-corrected chi connectivity index (χ1v) is 8.47. The van der Waals surface area contributed by atoms with E-state index in [2.05, 4.69) is 10.0 Å². The fraction of sp³-hybridized carbons (Fsp3) is 1.00. The average molecular weight is 276 g/mol. The lowest BCUT2D eigenvalue weighted by atomic mass is 10.0. The Morgan fingerprint density at radius 1 is 1.28 bits per heavy atom. The molecule has 0 aromatic heterocycles. The minimum atomic E-state index is -3.20. The second-order valence-electron chi connectivity index (χ2n) is 5.66. The first-order chi connectivity index (χ1) is 8.44. The van der Waals surface area contributed by atoms with Gasteiger partial charge in [-0.15, -0.1) is 0 Å². The number of ether oxygens (including phenoxy) is 1. The summed E-state index contributed by atoms with van der Waals surface area (Å²) in [5.41, 5.74) is 0. The molecule has 6 heteroatoms. The van der Waals surface area contributed by atoms with E-state index >= 15 is 0 Å². The van der Waals surface area contributed by atoms with Gasteiger partial charge in [0.1, 0.15) is 0 Å². The quantitative estimate of drug-likeness (QED) is 0.746. The predicted molar refractivity (Wildman–Crippen MR) is 71.0 cm³/mol. The highest BCUT2D eigenvalue weighted by atomic mass is 32.2. The molecule has 0 aliphatic carbocycles. The van der Waals surface area contributed by atoms with Crippen molar-refractivity contribution in [2.45, 2.75) is 63.8 Å². The Morgan fingerprint density at radius 3 is 2.44 bits per heavy atom. The van der Waals surface area contributed by atoms with Crippen molar-refractivity contribution in [3.63, 3.8) is 0 Å². The molecule has 0 aromatic carbocycles. The highest BCUT2D eigenvalue weighted by Crippen LogP contribution is 2.27. The van der Waals surface area contributed by atoms with Crippen LogP contribution in [0, 0.1) is 0 Å². The summed E-state index contributed by atoms with van der Waals surface area (Å²) >= 11 is 0. The van der Waals surface area contributed by atoms with Crippen molar-refractivity contribution in [1.82, 2.24) is 10.0 Å². The summed E-state index contributed by atoms with van der Waals surface area (Å²) in [4.78, 5) is 0. The molecule has 2 N–H and O–H groups in total. The van der Waals surface area contributed by atoms with Crippen LogP contribution >= 0.6 is 0 Å². The van der Waals surface area contributed by atoms with E-state index in [0.29, 0.717) is 12.1 Å². The van der Waals surface area contributed by atoms with Gasteiger partial charge in [0.2, 0.25) is 10.0 Å². The van der Waals surface area contributed by atoms with Gasteiger partial charge in [0.15, 0.2) is 0 Å². The van der Waals surface area contributed by atoms with Crippen molar-refractivity contribution in [3.8, 4) is 0 Å². The number of hydrogen-bond donors (Lipinski definition) is 2. The molecule has 0 spiro atoms. The zero-order valence-corrected chi connectivity index (χ0v) is 12.0. The van der Waals surface area contributed by atoms with E-state index in [1.54, 1.807) is 0 Å². The maximum atomic E-state index is 11.9. The summed E-state index contributed by atoms with van der Waals surface area (Å²) in [7, 11) is -3.20. The summed E-state index contributed by atoms with van der Waals surface area (Å²) in [5.74, 6) is 0.0600. The number of hydrogen-bond acceptors (Lipinski definition) is 4. The van der Waals surface area contributed by atoms with E-state index in [1.165, 1.54) is 12.8 Å². The van der Waals surface area contributed by atoms with Crippen LogP contribution in [0.15, 0.2) is 0 Å². The van der Waals surface area contributed by atoms with Crippen LogP contribution in [-0.4, -0.2) is 45.0 Å². The van der Waals surface area contributed by atoms with Gasteiger partial charge in [-0.05, 0) is 39.5 Å². The number of piperidine rings is 1. The molecule has 5 nitrogen and oxygen atoms in total. The normalized spacial score (nSPS) is 32.1. The SMILES string of the molecule is CC(C)OCCS(=O)(=O)NC1CC2CCC(C1)N2. The topological polar surface area (TPSA) is 67.4 Å². The Bertz CT molecular complexity index is 358. The monoisotopic (exact) mass is 276 g/mol. The number of nitrogens with one attached hydrogen (secondary N) is 2. The zero-order valence-electron chi connectivity index (χ0n) is 11.2. The molecule has 2 fully saturated rings. The number of sulfonamides is 1. The second-order valence-corrected chi connectivity index (χ2v) is 7.54. The van der Waals surface area contributed by atoms with Crippen LogP contribution in [0.25, 0.3) is 0 Å². The van der Waals surface area contributed by atoms with E-state index in [-0.39, 0.29) is 24.5 Å². The van der Waals surface area contributed by atoms with Crippen LogP contribution in [0.5, 0.6) is 0 Å². The molecule has 2 aliphatic rings. The predicted octanol–water partition coefficient (Wildman–Crippen LogP) is 0.614. The lowest BCUT2D eigenvalue weighted by Gasteiger charge is -2.29. The third kappa shape index (κ3) is 4.19. The molecule has 2 aliphatic heterocycles. The van der Waals surface area contributed by atoms with Crippen LogP contribution in [-0.2, 0) is 14.8 Å². The van der Waals surface area contributed by atoms with Crippen molar-refractivity contribution < 1.29 is 13.2 Å². The van der Waals surface area contributed by atoms with E-state index in [1.807, 2.05) is 13.8 Å². The van der Waals surface area contributed by atoms with Gasteiger partial charge in [-0.2, -0.15) is 0 Å². The lowest BCUT2D eigenvalue weighted by molar-refractivity contribution is 0.0911. The number of fused-ring (bicyclic) bond motifs is 2. The standard InChI is InChI=1S/C12H24N2O3S/c1-9(2)17-5-6-18(15,16)14-12-7-10-3-4-11(8-12)13-10/h9-14H,3-8H2,1-2H3. The summed E-state index contributed by atoms with van der Waals surface area (Å²) < 4.78 is 31.9. The lowest BCUT2D eigenvalue weighted by Crippen LogP contribution is -2.48. The second kappa shape index (κ2) is 5.86. The first kappa shape index (κ1) is 14.2. The summed E-state index contributed by atoms with van der Waals surface area (Å²) in [6.45, 7) is 4.08. The minimum Gasteiger partial charge on any atom is -0.378 e. The molecule has 106 valence electrons. The highest BCUT2D eigenvalue weighted by Gasteiger charge is 2.34. The van der Waals surface area contributed by atoms with Gasteiger partial charge in [-0.1, -0.05) is 0 Å². The molecule has 2 heterocycles. The van der Waals surface area contributed by atoms with Crippen LogP contribution < -0.4 is 10.0 Å². The fourth-order valence-electron chi connectivity index (χ4n) is 2.86. The molecule has 2 atom stereocenters. The van der Waals surface area contributed by atoms with Gasteiger partial charge in [-0.25, -0.2) is 13.1 Å². The van der Waals surface area contributed by atoms with Crippen molar-refractivity contribution in [2.75, 3.05) is 12.4 Å². The summed E-state index contributed by atoms with van der Waals surface area (Å²) in [6.07, 6.45) is 4.27. The molecule has 0 saturated carbocycles. The van der Waals surface area contributed by atoms with Gasteiger partial charge >= 0.3 is 0 Å². The Kier molecular flexibility index (Phi) is 4.64. The Morgan fingerprint density at radius 2 is 1.89 bits per heavy atom. The molecule has 2 bridgehead atoms. The maximum Gasteiger partial charge on any atom is 0.214 e. The molecule has 0 amide bonds. The van der Waals surface area contributed by atoms with Gasteiger partial charge in [-0.3, -0.25) is 0 Å². The van der Waals surface area contributed by atoms with E-state index in [4.69, 9.17) is 4.74 Å². The van der Waals surface area contributed by atoms with Crippen LogP contribution in [0.2, 0.25) is 0 Å². The maximum absolute atomic E-state index is 11.9. The molecule has 2 unspecified atom stereocenters. The molecule has 0 aromatic rings. The van der Waals surface area contributed by atoms with Crippen LogP contribution in [0.4, 0.5) is 0 Å².